The molecule has 4 aliphatic carbocycles. The van der Waals surface area contributed by atoms with Crippen molar-refractivity contribution in [1.29, 1.82) is 0 Å². The van der Waals surface area contributed by atoms with E-state index < -0.39 is 0 Å². The number of alkyl halides is 1. The van der Waals surface area contributed by atoms with E-state index in [4.69, 9.17) is 0 Å². The molecule has 0 bridgehead atoms. The molecular weight excluding hydrogens is 360 g/mol. The van der Waals surface area contributed by atoms with Gasteiger partial charge in [-0.2, -0.15) is 0 Å². The normalized spacial score (nSPS) is 50.1. The summed E-state index contributed by atoms with van der Waals surface area (Å²) in [5, 5.41) is 0.948. The molecule has 4 aliphatic rings. The number of carbonyl (C=O) groups excluding carboxylic acids is 1. The Morgan fingerprint density at radius 1 is 1.17 bits per heavy atom. The van der Waals surface area contributed by atoms with Gasteiger partial charge in [0.1, 0.15) is 0 Å². The van der Waals surface area contributed by atoms with Crippen LogP contribution >= 0.6 is 15.9 Å². The lowest BCUT2D eigenvalue weighted by Crippen LogP contribution is -2.52. The zero-order valence-electron chi connectivity index (χ0n) is 15.4. The van der Waals surface area contributed by atoms with Crippen LogP contribution in [-0.4, -0.2) is 11.1 Å². The van der Waals surface area contributed by atoms with E-state index in [1.807, 2.05) is 6.08 Å². The Hall–Kier alpha value is -0.370. The third-order valence-corrected chi connectivity index (χ3v) is 9.49. The fraction of sp³-hybridized carbons (Fsp3) is 0.773. The minimum absolute atomic E-state index is 0.183. The molecule has 2 fully saturated rings. The fourth-order valence-corrected chi connectivity index (χ4v) is 8.10. The molecule has 0 aromatic carbocycles. The molecule has 0 saturated heterocycles. The number of halogens is 1. The van der Waals surface area contributed by atoms with E-state index in [-0.39, 0.29) is 5.41 Å². The summed E-state index contributed by atoms with van der Waals surface area (Å²) in [4.78, 5) is 12.2. The number of carbonyl (C=O) groups is 1. The first kappa shape index (κ1) is 17.1. The molecule has 0 aliphatic heterocycles. The van der Waals surface area contributed by atoms with Crippen molar-refractivity contribution in [2.75, 3.05) is 5.33 Å². The molecule has 1 nitrogen and oxygen atoms in total. The summed E-state index contributed by atoms with van der Waals surface area (Å²) >= 11 is 3.74. The summed E-state index contributed by atoms with van der Waals surface area (Å²) in [5.41, 5.74) is 2.05. The van der Waals surface area contributed by atoms with Gasteiger partial charge in [0.05, 0.1) is 0 Å². The molecule has 0 amide bonds. The van der Waals surface area contributed by atoms with Crippen LogP contribution in [0, 0.1) is 40.4 Å². The minimum atomic E-state index is 0.183. The topological polar surface area (TPSA) is 17.1 Å². The average Bonchev–Trinajstić information content (AvgIpc) is 2.91. The van der Waals surface area contributed by atoms with Gasteiger partial charge in [0.25, 0.3) is 0 Å². The van der Waals surface area contributed by atoms with Gasteiger partial charge in [0, 0.05) is 17.2 Å². The lowest BCUT2D eigenvalue weighted by atomic mass is 9.46. The largest absolute Gasteiger partial charge is 0.295 e. The SMILES string of the molecule is CC[C@H]1CC[C@H]2[C@@H]3C=CC4=CC(=O)CC(CBr)[C@]4(C)[C@H]3CC[C@]12C. The molecular formula is C22H31BrO. The summed E-state index contributed by atoms with van der Waals surface area (Å²) < 4.78 is 0. The molecule has 132 valence electrons. The van der Waals surface area contributed by atoms with Gasteiger partial charge in [-0.1, -0.05) is 55.3 Å². The van der Waals surface area contributed by atoms with Crippen molar-refractivity contribution in [3.05, 3.63) is 23.8 Å². The predicted molar refractivity (Wildman–Crippen MR) is 103 cm³/mol. The highest BCUT2D eigenvalue weighted by Gasteiger charge is 2.59. The summed E-state index contributed by atoms with van der Waals surface area (Å²) in [6.07, 6.45) is 14.4. The molecule has 24 heavy (non-hydrogen) atoms. The first-order valence-corrected chi connectivity index (χ1v) is 11.1. The Morgan fingerprint density at radius 3 is 2.67 bits per heavy atom. The van der Waals surface area contributed by atoms with E-state index in [1.54, 1.807) is 0 Å². The van der Waals surface area contributed by atoms with Crippen LogP contribution in [0.4, 0.5) is 0 Å². The second-order valence-electron chi connectivity index (χ2n) is 9.28. The van der Waals surface area contributed by atoms with Gasteiger partial charge in [-0.05, 0) is 72.3 Å². The minimum Gasteiger partial charge on any atom is -0.295 e. The summed E-state index contributed by atoms with van der Waals surface area (Å²) in [7, 11) is 0. The predicted octanol–water partition coefficient (Wildman–Crippen LogP) is 5.94. The van der Waals surface area contributed by atoms with Crippen molar-refractivity contribution < 1.29 is 4.79 Å². The third kappa shape index (κ3) is 2.14. The molecule has 0 aromatic rings. The Balaban J connectivity index is 1.75. The molecule has 7 atom stereocenters. The fourth-order valence-electron chi connectivity index (χ4n) is 7.19. The van der Waals surface area contributed by atoms with Gasteiger partial charge in [0.2, 0.25) is 0 Å². The molecule has 0 heterocycles. The highest BCUT2D eigenvalue weighted by molar-refractivity contribution is 9.09. The van der Waals surface area contributed by atoms with Crippen molar-refractivity contribution in [2.24, 2.45) is 40.4 Å². The van der Waals surface area contributed by atoms with Crippen molar-refractivity contribution in [1.82, 2.24) is 0 Å². The molecule has 1 unspecified atom stereocenters. The van der Waals surface area contributed by atoms with E-state index in [0.29, 0.717) is 17.1 Å². The maximum atomic E-state index is 12.2. The number of fused-ring (bicyclic) bond motifs is 5. The van der Waals surface area contributed by atoms with E-state index in [0.717, 1.165) is 35.4 Å². The Labute approximate surface area is 155 Å². The molecule has 2 saturated carbocycles. The van der Waals surface area contributed by atoms with Crippen LogP contribution in [0.5, 0.6) is 0 Å². The van der Waals surface area contributed by atoms with Gasteiger partial charge in [-0.15, -0.1) is 0 Å². The van der Waals surface area contributed by atoms with Crippen LogP contribution in [0.15, 0.2) is 23.8 Å². The maximum absolute atomic E-state index is 12.2. The van der Waals surface area contributed by atoms with Crippen molar-refractivity contribution in [3.8, 4) is 0 Å². The number of allylic oxidation sites excluding steroid dienone is 4. The van der Waals surface area contributed by atoms with E-state index >= 15 is 0 Å². The molecule has 0 N–H and O–H groups in total. The maximum Gasteiger partial charge on any atom is 0.156 e. The second-order valence-corrected chi connectivity index (χ2v) is 9.93. The molecule has 0 spiro atoms. The van der Waals surface area contributed by atoms with E-state index in [2.05, 4.69) is 48.9 Å². The lowest BCUT2D eigenvalue weighted by Gasteiger charge is -2.58. The van der Waals surface area contributed by atoms with Gasteiger partial charge in [-0.3, -0.25) is 4.79 Å². The van der Waals surface area contributed by atoms with Gasteiger partial charge in [0.15, 0.2) is 5.78 Å². The van der Waals surface area contributed by atoms with Crippen LogP contribution < -0.4 is 0 Å². The standard InChI is InChI=1S/C22H31BrO/c1-4-14-6-8-19-18-7-5-15-11-17(24)12-16(13-23)22(15,3)20(18)9-10-21(14,19)2/h5,7,11,14,16,18-20H,4,6,8-10,12-13H2,1-3H3/t14-,16?,18-,19-,20-,21+,22+/m0/s1. The van der Waals surface area contributed by atoms with Crippen LogP contribution in [0.25, 0.3) is 0 Å². The highest BCUT2D eigenvalue weighted by Crippen LogP contribution is 2.66. The van der Waals surface area contributed by atoms with Crippen LogP contribution in [0.3, 0.4) is 0 Å². The lowest BCUT2D eigenvalue weighted by molar-refractivity contribution is -0.118. The highest BCUT2D eigenvalue weighted by atomic mass is 79.9. The van der Waals surface area contributed by atoms with Gasteiger partial charge in [-0.25, -0.2) is 0 Å². The van der Waals surface area contributed by atoms with Gasteiger partial charge >= 0.3 is 0 Å². The van der Waals surface area contributed by atoms with E-state index in [9.17, 15) is 4.79 Å². The quantitative estimate of drug-likeness (QED) is 0.532. The van der Waals surface area contributed by atoms with Crippen molar-refractivity contribution in [3.63, 3.8) is 0 Å². The molecule has 4 rings (SSSR count). The number of ketones is 1. The Bertz CT molecular complexity index is 605. The summed E-state index contributed by atoms with van der Waals surface area (Å²) in [5.74, 6) is 3.99. The average molecular weight is 391 g/mol. The second kappa shape index (κ2) is 5.83. The van der Waals surface area contributed by atoms with Crippen LogP contribution in [0.1, 0.15) is 59.3 Å². The number of hydrogen-bond donors (Lipinski definition) is 0. The smallest absolute Gasteiger partial charge is 0.156 e. The summed E-state index contributed by atoms with van der Waals surface area (Å²) in [6, 6.07) is 0. The molecule has 0 radical (unpaired) electrons. The van der Waals surface area contributed by atoms with Crippen LogP contribution in [-0.2, 0) is 4.79 Å². The molecule has 2 heteroatoms. The van der Waals surface area contributed by atoms with Crippen molar-refractivity contribution >= 4 is 21.7 Å². The molecule has 0 aromatic heterocycles. The van der Waals surface area contributed by atoms with Crippen molar-refractivity contribution in [2.45, 2.75) is 59.3 Å². The monoisotopic (exact) mass is 390 g/mol. The Kier molecular flexibility index (Phi) is 4.14. The number of rotatable bonds is 2. The Morgan fingerprint density at radius 2 is 1.96 bits per heavy atom. The van der Waals surface area contributed by atoms with Gasteiger partial charge < -0.3 is 0 Å². The van der Waals surface area contributed by atoms with Crippen LogP contribution in [0.2, 0.25) is 0 Å². The zero-order valence-corrected chi connectivity index (χ0v) is 16.9. The first-order chi connectivity index (χ1) is 11.4. The zero-order chi connectivity index (χ0) is 17.1. The van der Waals surface area contributed by atoms with E-state index in [1.165, 1.54) is 37.7 Å². The third-order valence-electron chi connectivity index (χ3n) is 8.71. The first-order valence-electron chi connectivity index (χ1n) is 9.94. The number of hydrogen-bond acceptors (Lipinski definition) is 1. The summed E-state index contributed by atoms with van der Waals surface area (Å²) in [6.45, 7) is 7.44.